The molecule has 1 aliphatic rings. The Hall–Kier alpha value is -2.10. The SMILES string of the molecule is CC(C)c1c2n(c3ccccc13)CC(=O)N(C)C2=O. The molecule has 0 atom stereocenters. The van der Waals surface area contributed by atoms with Crippen molar-refractivity contribution < 1.29 is 9.59 Å². The molecule has 0 saturated heterocycles. The summed E-state index contributed by atoms with van der Waals surface area (Å²) in [5.41, 5.74) is 2.68. The average Bonchev–Trinajstić information content (AvgIpc) is 2.71. The van der Waals surface area contributed by atoms with Crippen molar-refractivity contribution in [3.05, 3.63) is 35.5 Å². The Morgan fingerprint density at radius 1 is 1.16 bits per heavy atom. The second kappa shape index (κ2) is 3.95. The van der Waals surface area contributed by atoms with E-state index >= 15 is 0 Å². The third kappa shape index (κ3) is 1.52. The van der Waals surface area contributed by atoms with Gasteiger partial charge in [0.1, 0.15) is 12.2 Å². The molecule has 1 aromatic carbocycles. The number of para-hydroxylation sites is 1. The normalized spacial score (nSPS) is 15.5. The van der Waals surface area contributed by atoms with E-state index in [2.05, 4.69) is 13.8 Å². The molecule has 0 bridgehead atoms. The molecule has 0 aliphatic carbocycles. The van der Waals surface area contributed by atoms with Crippen molar-refractivity contribution in [3.8, 4) is 0 Å². The predicted octanol–water partition coefficient (Wildman–Crippen LogP) is 2.38. The number of benzene rings is 1. The third-order valence-electron chi connectivity index (χ3n) is 3.76. The predicted molar refractivity (Wildman–Crippen MR) is 73.1 cm³/mol. The van der Waals surface area contributed by atoms with Gasteiger partial charge < -0.3 is 4.57 Å². The summed E-state index contributed by atoms with van der Waals surface area (Å²) in [6.45, 7) is 4.39. The van der Waals surface area contributed by atoms with Gasteiger partial charge in [-0.25, -0.2) is 0 Å². The number of nitrogens with zero attached hydrogens (tertiary/aromatic N) is 2. The minimum atomic E-state index is -0.198. The first-order valence-electron chi connectivity index (χ1n) is 6.44. The van der Waals surface area contributed by atoms with Gasteiger partial charge in [0.05, 0.1) is 0 Å². The van der Waals surface area contributed by atoms with Crippen LogP contribution in [0.1, 0.15) is 35.8 Å². The van der Waals surface area contributed by atoms with Gasteiger partial charge in [0.15, 0.2) is 0 Å². The molecule has 1 aliphatic heterocycles. The standard InChI is InChI=1S/C15H16N2O2/c1-9(2)13-10-6-4-5-7-11(10)17-8-12(18)16(3)15(19)14(13)17/h4-7,9H,8H2,1-3H3. The lowest BCUT2D eigenvalue weighted by atomic mass is 9.98. The van der Waals surface area contributed by atoms with E-state index in [1.807, 2.05) is 28.8 Å². The summed E-state index contributed by atoms with van der Waals surface area (Å²) in [5.74, 6) is -0.114. The molecule has 0 radical (unpaired) electrons. The second-order valence-corrected chi connectivity index (χ2v) is 5.28. The van der Waals surface area contributed by atoms with Gasteiger partial charge >= 0.3 is 0 Å². The summed E-state index contributed by atoms with van der Waals surface area (Å²) in [5, 5.41) is 1.07. The molecule has 0 saturated carbocycles. The smallest absolute Gasteiger partial charge is 0.277 e. The molecule has 4 heteroatoms. The van der Waals surface area contributed by atoms with E-state index in [0.717, 1.165) is 16.5 Å². The molecule has 0 unspecified atom stereocenters. The van der Waals surface area contributed by atoms with Crippen LogP contribution in [0.25, 0.3) is 10.9 Å². The number of rotatable bonds is 1. The van der Waals surface area contributed by atoms with Crippen molar-refractivity contribution in [3.63, 3.8) is 0 Å². The van der Waals surface area contributed by atoms with Gasteiger partial charge in [0.25, 0.3) is 5.91 Å². The van der Waals surface area contributed by atoms with E-state index in [4.69, 9.17) is 0 Å². The van der Waals surface area contributed by atoms with Crippen LogP contribution in [0.2, 0.25) is 0 Å². The van der Waals surface area contributed by atoms with Crippen LogP contribution in [-0.2, 0) is 11.3 Å². The van der Waals surface area contributed by atoms with Crippen molar-refractivity contribution >= 4 is 22.7 Å². The summed E-state index contributed by atoms with van der Waals surface area (Å²) in [6, 6.07) is 7.90. The summed E-state index contributed by atoms with van der Waals surface area (Å²) in [7, 11) is 1.55. The van der Waals surface area contributed by atoms with Gasteiger partial charge in [-0.2, -0.15) is 0 Å². The highest BCUT2D eigenvalue weighted by Crippen LogP contribution is 2.34. The van der Waals surface area contributed by atoms with E-state index in [1.165, 1.54) is 4.90 Å². The Morgan fingerprint density at radius 3 is 2.53 bits per heavy atom. The Balaban J connectivity index is 2.42. The molecule has 3 rings (SSSR count). The van der Waals surface area contributed by atoms with Gasteiger partial charge in [0.2, 0.25) is 5.91 Å². The molecule has 98 valence electrons. The van der Waals surface area contributed by atoms with Crippen LogP contribution in [0.3, 0.4) is 0 Å². The first-order valence-corrected chi connectivity index (χ1v) is 6.44. The third-order valence-corrected chi connectivity index (χ3v) is 3.76. The first-order chi connectivity index (χ1) is 9.02. The lowest BCUT2D eigenvalue weighted by Crippen LogP contribution is -2.42. The monoisotopic (exact) mass is 256 g/mol. The Morgan fingerprint density at radius 2 is 1.84 bits per heavy atom. The maximum absolute atomic E-state index is 12.4. The van der Waals surface area contributed by atoms with Crippen LogP contribution in [0, 0.1) is 0 Å². The van der Waals surface area contributed by atoms with Crippen LogP contribution >= 0.6 is 0 Å². The van der Waals surface area contributed by atoms with Crippen LogP contribution in [0.4, 0.5) is 0 Å². The largest absolute Gasteiger partial charge is 0.327 e. The molecule has 19 heavy (non-hydrogen) atoms. The van der Waals surface area contributed by atoms with E-state index in [1.54, 1.807) is 7.05 Å². The fraction of sp³-hybridized carbons (Fsp3) is 0.333. The lowest BCUT2D eigenvalue weighted by molar-refractivity contribution is -0.128. The molecule has 1 aromatic heterocycles. The van der Waals surface area contributed by atoms with Gasteiger partial charge in [-0.15, -0.1) is 0 Å². The number of likely N-dealkylation sites (N-methyl/N-ethyl adjacent to an activating group) is 1. The lowest BCUT2D eigenvalue weighted by Gasteiger charge is -2.24. The number of carbonyl (C=O) groups excluding carboxylic acids is 2. The maximum Gasteiger partial charge on any atom is 0.277 e. The Bertz CT molecular complexity index is 697. The number of amides is 2. The summed E-state index contributed by atoms with van der Waals surface area (Å²) < 4.78 is 1.86. The van der Waals surface area contributed by atoms with Crippen molar-refractivity contribution in [1.82, 2.24) is 9.47 Å². The van der Waals surface area contributed by atoms with Gasteiger partial charge in [-0.05, 0) is 17.5 Å². The quantitative estimate of drug-likeness (QED) is 0.735. The minimum Gasteiger partial charge on any atom is -0.327 e. The first kappa shape index (κ1) is 12.0. The summed E-state index contributed by atoms with van der Waals surface area (Å²) in [6.07, 6.45) is 0. The highest BCUT2D eigenvalue weighted by atomic mass is 16.2. The molecule has 0 spiro atoms. The number of hydrogen-bond donors (Lipinski definition) is 0. The van der Waals surface area contributed by atoms with Crippen LogP contribution in [-0.4, -0.2) is 28.3 Å². The zero-order chi connectivity index (χ0) is 13.7. The highest BCUT2D eigenvalue weighted by molar-refractivity contribution is 6.11. The summed E-state index contributed by atoms with van der Waals surface area (Å²) in [4.78, 5) is 25.5. The van der Waals surface area contributed by atoms with Crippen molar-refractivity contribution in [2.45, 2.75) is 26.3 Å². The number of aromatic nitrogens is 1. The molecule has 2 amide bonds. The van der Waals surface area contributed by atoms with Crippen LogP contribution in [0.15, 0.2) is 24.3 Å². The molecule has 0 fully saturated rings. The fourth-order valence-corrected chi connectivity index (χ4v) is 2.82. The number of imide groups is 1. The minimum absolute atomic E-state index is 0.159. The zero-order valence-electron chi connectivity index (χ0n) is 11.3. The molecular weight excluding hydrogens is 240 g/mol. The van der Waals surface area contributed by atoms with Gasteiger partial charge in [-0.3, -0.25) is 14.5 Å². The van der Waals surface area contributed by atoms with Crippen molar-refractivity contribution in [2.24, 2.45) is 0 Å². The molecule has 0 N–H and O–H groups in total. The molecule has 4 nitrogen and oxygen atoms in total. The molecular formula is C15H16N2O2. The maximum atomic E-state index is 12.4. The number of hydrogen-bond acceptors (Lipinski definition) is 2. The molecule has 2 aromatic rings. The Kier molecular flexibility index (Phi) is 2.49. The van der Waals surface area contributed by atoms with Crippen molar-refractivity contribution in [1.29, 1.82) is 0 Å². The van der Waals surface area contributed by atoms with E-state index in [-0.39, 0.29) is 24.3 Å². The van der Waals surface area contributed by atoms with Crippen LogP contribution < -0.4 is 0 Å². The molecule has 2 heterocycles. The fourth-order valence-electron chi connectivity index (χ4n) is 2.82. The van der Waals surface area contributed by atoms with Gasteiger partial charge in [-0.1, -0.05) is 32.0 Å². The van der Waals surface area contributed by atoms with E-state index in [0.29, 0.717) is 5.69 Å². The van der Waals surface area contributed by atoms with Crippen LogP contribution in [0.5, 0.6) is 0 Å². The van der Waals surface area contributed by atoms with E-state index < -0.39 is 0 Å². The highest BCUT2D eigenvalue weighted by Gasteiger charge is 2.33. The van der Waals surface area contributed by atoms with Crippen molar-refractivity contribution in [2.75, 3.05) is 7.05 Å². The topological polar surface area (TPSA) is 42.3 Å². The zero-order valence-corrected chi connectivity index (χ0v) is 11.3. The summed E-state index contributed by atoms with van der Waals surface area (Å²) >= 11 is 0. The van der Waals surface area contributed by atoms with Gasteiger partial charge in [0, 0.05) is 18.0 Å². The Labute approximate surface area is 111 Å². The second-order valence-electron chi connectivity index (χ2n) is 5.28. The number of carbonyl (C=O) groups is 2. The average molecular weight is 256 g/mol. The number of fused-ring (bicyclic) bond motifs is 3. The van der Waals surface area contributed by atoms with E-state index in [9.17, 15) is 9.59 Å².